The second-order valence-corrected chi connectivity index (χ2v) is 7.44. The van der Waals surface area contributed by atoms with Crippen LogP contribution in [0.3, 0.4) is 0 Å². The number of carbonyl (C=O) groups excluding carboxylic acids is 3. The Labute approximate surface area is 188 Å². The number of carbonyl (C=O) groups is 3. The summed E-state index contributed by atoms with van der Waals surface area (Å²) >= 11 is 0. The van der Waals surface area contributed by atoms with Crippen LogP contribution in [0.15, 0.2) is 78.9 Å². The average molecular weight is 430 g/mol. The summed E-state index contributed by atoms with van der Waals surface area (Å²) in [7, 11) is 0. The highest BCUT2D eigenvalue weighted by atomic mass is 16.2. The number of hydrogen-bond acceptors (Lipinski definition) is 3. The molecule has 3 aromatic rings. The van der Waals surface area contributed by atoms with Crippen molar-refractivity contribution in [3.63, 3.8) is 0 Å². The normalized spacial score (nSPS) is 11.3. The van der Waals surface area contributed by atoms with Crippen LogP contribution >= 0.6 is 0 Å². The van der Waals surface area contributed by atoms with E-state index in [4.69, 9.17) is 0 Å². The highest BCUT2D eigenvalue weighted by Crippen LogP contribution is 2.19. The van der Waals surface area contributed by atoms with Gasteiger partial charge in [0.15, 0.2) is 0 Å². The SMILES string of the molecule is CCC(=O)Nc1ccc(C(C)NC(=O)CNC(=O)c2ccc(-c3ccccc3)cc2)cc1. The van der Waals surface area contributed by atoms with Crippen LogP contribution in [0.4, 0.5) is 5.69 Å². The van der Waals surface area contributed by atoms with Gasteiger partial charge in [-0.15, -0.1) is 0 Å². The summed E-state index contributed by atoms with van der Waals surface area (Å²) in [6.07, 6.45) is 0.414. The molecule has 3 amide bonds. The van der Waals surface area contributed by atoms with E-state index in [0.29, 0.717) is 17.7 Å². The summed E-state index contributed by atoms with van der Waals surface area (Å²) < 4.78 is 0. The molecule has 0 aliphatic carbocycles. The largest absolute Gasteiger partial charge is 0.348 e. The van der Waals surface area contributed by atoms with E-state index in [1.165, 1.54) is 0 Å². The van der Waals surface area contributed by atoms with E-state index >= 15 is 0 Å². The third-order valence-electron chi connectivity index (χ3n) is 5.06. The molecule has 6 nitrogen and oxygen atoms in total. The molecule has 0 aromatic heterocycles. The fourth-order valence-corrected chi connectivity index (χ4v) is 3.19. The van der Waals surface area contributed by atoms with Gasteiger partial charge in [-0.2, -0.15) is 0 Å². The summed E-state index contributed by atoms with van der Waals surface area (Å²) in [6, 6.07) is 24.2. The zero-order chi connectivity index (χ0) is 22.9. The molecule has 0 saturated carbocycles. The topological polar surface area (TPSA) is 87.3 Å². The predicted octanol–water partition coefficient (Wildman–Crippen LogP) is 4.31. The molecule has 0 spiro atoms. The van der Waals surface area contributed by atoms with Crippen molar-refractivity contribution in [3.05, 3.63) is 90.0 Å². The van der Waals surface area contributed by atoms with Gasteiger partial charge < -0.3 is 16.0 Å². The Bertz CT molecular complexity index is 1060. The first-order valence-corrected chi connectivity index (χ1v) is 10.6. The van der Waals surface area contributed by atoms with Crippen molar-refractivity contribution in [2.45, 2.75) is 26.3 Å². The van der Waals surface area contributed by atoms with Gasteiger partial charge in [-0.3, -0.25) is 14.4 Å². The molecule has 0 radical (unpaired) electrons. The van der Waals surface area contributed by atoms with E-state index in [1.54, 1.807) is 31.2 Å². The maximum Gasteiger partial charge on any atom is 0.251 e. The first kappa shape index (κ1) is 22.7. The van der Waals surface area contributed by atoms with E-state index in [-0.39, 0.29) is 30.3 Å². The summed E-state index contributed by atoms with van der Waals surface area (Å²) in [4.78, 5) is 36.1. The molecule has 0 aliphatic heterocycles. The smallest absolute Gasteiger partial charge is 0.251 e. The van der Waals surface area contributed by atoms with Crippen LogP contribution in [0.5, 0.6) is 0 Å². The minimum absolute atomic E-state index is 0.0513. The average Bonchev–Trinajstić information content (AvgIpc) is 2.83. The van der Waals surface area contributed by atoms with Gasteiger partial charge in [-0.05, 0) is 47.9 Å². The number of benzene rings is 3. The zero-order valence-electron chi connectivity index (χ0n) is 18.2. The lowest BCUT2D eigenvalue weighted by molar-refractivity contribution is -0.120. The third kappa shape index (κ3) is 6.28. The van der Waals surface area contributed by atoms with Crippen LogP contribution in [-0.2, 0) is 9.59 Å². The fourth-order valence-electron chi connectivity index (χ4n) is 3.19. The Morgan fingerprint density at radius 1 is 0.781 bits per heavy atom. The number of hydrogen-bond donors (Lipinski definition) is 3. The van der Waals surface area contributed by atoms with Crippen LogP contribution in [0.2, 0.25) is 0 Å². The monoisotopic (exact) mass is 429 g/mol. The molecule has 0 saturated heterocycles. The molecule has 0 heterocycles. The molecule has 3 N–H and O–H groups in total. The third-order valence-corrected chi connectivity index (χ3v) is 5.06. The van der Waals surface area contributed by atoms with E-state index in [1.807, 2.05) is 61.5 Å². The molecule has 0 aliphatic rings. The lowest BCUT2D eigenvalue weighted by Crippen LogP contribution is -2.38. The molecule has 32 heavy (non-hydrogen) atoms. The van der Waals surface area contributed by atoms with Gasteiger partial charge in [-0.1, -0.05) is 61.5 Å². The Morgan fingerprint density at radius 2 is 1.41 bits per heavy atom. The van der Waals surface area contributed by atoms with Gasteiger partial charge in [0.1, 0.15) is 0 Å². The van der Waals surface area contributed by atoms with Crippen LogP contribution in [0.25, 0.3) is 11.1 Å². The Hall–Kier alpha value is -3.93. The highest BCUT2D eigenvalue weighted by molar-refractivity contribution is 5.97. The van der Waals surface area contributed by atoms with Crippen molar-refractivity contribution in [3.8, 4) is 11.1 Å². The van der Waals surface area contributed by atoms with Gasteiger partial charge in [0, 0.05) is 17.7 Å². The second-order valence-electron chi connectivity index (χ2n) is 7.44. The van der Waals surface area contributed by atoms with E-state index in [0.717, 1.165) is 16.7 Å². The number of rotatable bonds is 8. The quantitative estimate of drug-likeness (QED) is 0.499. The molecule has 1 unspecified atom stereocenters. The maximum atomic E-state index is 12.4. The Kier molecular flexibility index (Phi) is 7.75. The molecule has 164 valence electrons. The van der Waals surface area contributed by atoms with Crippen LogP contribution in [0.1, 0.15) is 42.2 Å². The minimum Gasteiger partial charge on any atom is -0.348 e. The van der Waals surface area contributed by atoms with Crippen molar-refractivity contribution in [2.24, 2.45) is 0 Å². The summed E-state index contributed by atoms with van der Waals surface area (Å²) in [5.41, 5.74) is 4.21. The Morgan fingerprint density at radius 3 is 2.03 bits per heavy atom. The zero-order valence-corrected chi connectivity index (χ0v) is 18.2. The van der Waals surface area contributed by atoms with Gasteiger partial charge in [0.05, 0.1) is 12.6 Å². The number of anilines is 1. The van der Waals surface area contributed by atoms with Gasteiger partial charge >= 0.3 is 0 Å². The summed E-state index contributed by atoms with van der Waals surface area (Å²) in [5, 5.41) is 8.30. The molecule has 0 bridgehead atoms. The first-order chi connectivity index (χ1) is 15.5. The van der Waals surface area contributed by atoms with Crippen molar-refractivity contribution in [2.75, 3.05) is 11.9 Å². The van der Waals surface area contributed by atoms with Crippen molar-refractivity contribution >= 4 is 23.4 Å². The predicted molar refractivity (Wildman–Crippen MR) is 126 cm³/mol. The standard InChI is InChI=1S/C26H27N3O3/c1-3-24(30)29-23-15-13-19(14-16-23)18(2)28-25(31)17-27-26(32)22-11-9-21(10-12-22)20-7-5-4-6-8-20/h4-16,18H,3,17H2,1-2H3,(H,27,32)(H,28,31)(H,29,30). The maximum absolute atomic E-state index is 12.4. The van der Waals surface area contributed by atoms with Crippen LogP contribution in [0, 0.1) is 0 Å². The first-order valence-electron chi connectivity index (χ1n) is 10.6. The van der Waals surface area contributed by atoms with E-state index < -0.39 is 0 Å². The lowest BCUT2D eigenvalue weighted by Gasteiger charge is -2.15. The van der Waals surface area contributed by atoms with Gasteiger partial charge in [0.25, 0.3) is 5.91 Å². The van der Waals surface area contributed by atoms with Crippen LogP contribution in [-0.4, -0.2) is 24.3 Å². The van der Waals surface area contributed by atoms with E-state index in [9.17, 15) is 14.4 Å². The van der Waals surface area contributed by atoms with Crippen molar-refractivity contribution in [1.29, 1.82) is 0 Å². The van der Waals surface area contributed by atoms with Gasteiger partial charge in [-0.25, -0.2) is 0 Å². The molecule has 1 atom stereocenters. The second kappa shape index (κ2) is 10.9. The lowest BCUT2D eigenvalue weighted by atomic mass is 10.0. The fraction of sp³-hybridized carbons (Fsp3) is 0.192. The highest BCUT2D eigenvalue weighted by Gasteiger charge is 2.12. The summed E-state index contributed by atoms with van der Waals surface area (Å²) in [5.74, 6) is -0.636. The molecular weight excluding hydrogens is 402 g/mol. The van der Waals surface area contributed by atoms with Crippen LogP contribution < -0.4 is 16.0 Å². The molecule has 6 heteroatoms. The molecule has 0 fully saturated rings. The van der Waals surface area contributed by atoms with Crippen molar-refractivity contribution in [1.82, 2.24) is 10.6 Å². The molecule has 3 rings (SSSR count). The Balaban J connectivity index is 1.48. The minimum atomic E-state index is -0.302. The molecule has 3 aromatic carbocycles. The number of nitrogens with one attached hydrogen (secondary N) is 3. The number of amides is 3. The van der Waals surface area contributed by atoms with Crippen molar-refractivity contribution < 1.29 is 14.4 Å². The molecular formula is C26H27N3O3. The van der Waals surface area contributed by atoms with E-state index in [2.05, 4.69) is 16.0 Å². The summed E-state index contributed by atoms with van der Waals surface area (Å²) in [6.45, 7) is 3.54. The van der Waals surface area contributed by atoms with Gasteiger partial charge in [0.2, 0.25) is 11.8 Å².